The number of nitriles is 1. The summed E-state index contributed by atoms with van der Waals surface area (Å²) in [5.41, 5.74) is 2.16. The van der Waals surface area contributed by atoms with E-state index in [1.54, 1.807) is 18.2 Å². The van der Waals surface area contributed by atoms with E-state index in [9.17, 15) is 4.21 Å². The number of hydrogen-bond acceptors (Lipinski definition) is 3. The number of rotatable bonds is 5. The highest BCUT2D eigenvalue weighted by atomic mass is 35.5. The van der Waals surface area contributed by atoms with Crippen molar-refractivity contribution < 1.29 is 8.95 Å². The van der Waals surface area contributed by atoms with Gasteiger partial charge in [0.05, 0.1) is 18.4 Å². The third-order valence-electron chi connectivity index (χ3n) is 2.99. The third-order valence-corrected chi connectivity index (χ3v) is 4.64. The second-order valence-corrected chi connectivity index (χ2v) is 6.33. The lowest BCUT2D eigenvalue weighted by atomic mass is 10.1. The van der Waals surface area contributed by atoms with Gasteiger partial charge in [0.2, 0.25) is 0 Å². The summed E-state index contributed by atoms with van der Waals surface area (Å²) in [6.07, 6.45) is 0. The van der Waals surface area contributed by atoms with Crippen molar-refractivity contribution in [3.05, 3.63) is 64.2 Å². The molecule has 0 unspecified atom stereocenters. The van der Waals surface area contributed by atoms with Gasteiger partial charge in [0, 0.05) is 21.6 Å². The number of halogens is 1. The Morgan fingerprint density at radius 2 is 2.00 bits per heavy atom. The Bertz CT molecular complexity index is 710. The van der Waals surface area contributed by atoms with E-state index < -0.39 is 10.8 Å². The van der Waals surface area contributed by atoms with Crippen molar-refractivity contribution in [2.75, 3.05) is 7.11 Å². The molecule has 108 valence electrons. The van der Waals surface area contributed by atoms with Gasteiger partial charge in [-0.25, -0.2) is 0 Å². The Morgan fingerprint density at radius 3 is 2.67 bits per heavy atom. The van der Waals surface area contributed by atoms with Crippen LogP contribution in [0.15, 0.2) is 42.5 Å². The summed E-state index contributed by atoms with van der Waals surface area (Å²) < 4.78 is 17.3. The fraction of sp³-hybridized carbons (Fsp3) is 0.188. The molecule has 0 N–H and O–H groups in total. The number of methoxy groups -OCH3 is 1. The van der Waals surface area contributed by atoms with Gasteiger partial charge in [-0.3, -0.25) is 4.21 Å². The minimum atomic E-state index is -1.09. The van der Waals surface area contributed by atoms with Crippen LogP contribution in [-0.4, -0.2) is 11.3 Å². The summed E-state index contributed by atoms with van der Waals surface area (Å²) in [5.74, 6) is 1.30. The third kappa shape index (κ3) is 4.07. The van der Waals surface area contributed by atoms with Crippen LogP contribution in [0.4, 0.5) is 0 Å². The predicted molar refractivity (Wildman–Crippen MR) is 84.7 cm³/mol. The normalized spacial score (nSPS) is 11.7. The molecule has 0 aliphatic rings. The summed E-state index contributed by atoms with van der Waals surface area (Å²) in [7, 11) is 0.434. The monoisotopic (exact) mass is 319 g/mol. The number of hydrogen-bond donors (Lipinski definition) is 0. The molecule has 1 atom stereocenters. The standard InChI is InChI=1S/C16H14ClNO2S/c1-20-16-7-6-12(8-14(16)9-18)10-21(19)11-13-4-2-3-5-15(13)17/h2-8H,10-11H2,1H3/t21-/m1/s1. The van der Waals surface area contributed by atoms with Crippen molar-refractivity contribution in [3.8, 4) is 11.8 Å². The highest BCUT2D eigenvalue weighted by molar-refractivity contribution is 7.83. The van der Waals surface area contributed by atoms with Gasteiger partial charge in [0.25, 0.3) is 0 Å². The van der Waals surface area contributed by atoms with Crippen LogP contribution in [0.1, 0.15) is 16.7 Å². The van der Waals surface area contributed by atoms with E-state index in [4.69, 9.17) is 21.6 Å². The summed E-state index contributed by atoms with van der Waals surface area (Å²) in [6.45, 7) is 0. The van der Waals surface area contributed by atoms with Crippen LogP contribution >= 0.6 is 11.6 Å². The maximum atomic E-state index is 12.2. The van der Waals surface area contributed by atoms with Crippen LogP contribution in [-0.2, 0) is 22.3 Å². The quantitative estimate of drug-likeness (QED) is 0.845. The highest BCUT2D eigenvalue weighted by Crippen LogP contribution is 2.21. The van der Waals surface area contributed by atoms with Crippen LogP contribution in [0.3, 0.4) is 0 Å². The summed E-state index contributed by atoms with van der Waals surface area (Å²) in [4.78, 5) is 0. The van der Waals surface area contributed by atoms with Crippen molar-refractivity contribution in [3.63, 3.8) is 0 Å². The predicted octanol–water partition coefficient (Wildman–Crippen LogP) is 3.67. The zero-order valence-electron chi connectivity index (χ0n) is 11.5. The van der Waals surface area contributed by atoms with Crippen LogP contribution in [0.5, 0.6) is 5.75 Å². The second kappa shape index (κ2) is 7.26. The van der Waals surface area contributed by atoms with E-state index in [-0.39, 0.29) is 0 Å². The molecule has 0 saturated carbocycles. The molecule has 0 aliphatic heterocycles. The maximum absolute atomic E-state index is 12.2. The fourth-order valence-corrected chi connectivity index (χ4v) is 3.49. The summed E-state index contributed by atoms with van der Waals surface area (Å²) >= 11 is 6.06. The Kier molecular flexibility index (Phi) is 5.38. The molecular formula is C16H14ClNO2S. The fourth-order valence-electron chi connectivity index (χ4n) is 1.96. The van der Waals surface area contributed by atoms with Crippen molar-refractivity contribution in [1.82, 2.24) is 0 Å². The number of ether oxygens (including phenoxy) is 1. The van der Waals surface area contributed by atoms with Gasteiger partial charge in [-0.1, -0.05) is 35.9 Å². The minimum Gasteiger partial charge on any atom is -0.495 e. The van der Waals surface area contributed by atoms with E-state index >= 15 is 0 Å². The van der Waals surface area contributed by atoms with E-state index in [0.717, 1.165) is 11.1 Å². The molecule has 3 nitrogen and oxygen atoms in total. The maximum Gasteiger partial charge on any atom is 0.136 e. The average Bonchev–Trinajstić information content (AvgIpc) is 2.49. The van der Waals surface area contributed by atoms with Crippen molar-refractivity contribution >= 4 is 22.4 Å². The first kappa shape index (κ1) is 15.6. The average molecular weight is 320 g/mol. The zero-order valence-corrected chi connectivity index (χ0v) is 13.1. The Balaban J connectivity index is 2.10. The first-order chi connectivity index (χ1) is 10.1. The molecular weight excluding hydrogens is 306 g/mol. The molecule has 5 heteroatoms. The molecule has 0 aliphatic carbocycles. The van der Waals surface area contributed by atoms with Gasteiger partial charge in [-0.15, -0.1) is 0 Å². The summed E-state index contributed by atoms with van der Waals surface area (Å²) in [6, 6.07) is 14.7. The molecule has 2 aromatic rings. The molecule has 2 rings (SSSR count). The Morgan fingerprint density at radius 1 is 1.24 bits per heavy atom. The van der Waals surface area contributed by atoms with Gasteiger partial charge in [0.15, 0.2) is 0 Å². The van der Waals surface area contributed by atoms with Crippen molar-refractivity contribution in [1.29, 1.82) is 5.26 Å². The van der Waals surface area contributed by atoms with Gasteiger partial charge in [-0.05, 0) is 29.3 Å². The van der Waals surface area contributed by atoms with E-state index in [2.05, 4.69) is 6.07 Å². The van der Waals surface area contributed by atoms with E-state index in [1.807, 2.05) is 24.3 Å². The first-order valence-electron chi connectivity index (χ1n) is 6.29. The molecule has 2 aromatic carbocycles. The first-order valence-corrected chi connectivity index (χ1v) is 8.16. The minimum absolute atomic E-state index is 0.379. The summed E-state index contributed by atoms with van der Waals surface area (Å²) in [5, 5.41) is 9.68. The second-order valence-electron chi connectivity index (χ2n) is 4.47. The lowest BCUT2D eigenvalue weighted by molar-refractivity contribution is 0.413. The molecule has 0 amide bonds. The lowest BCUT2D eigenvalue weighted by Gasteiger charge is -2.07. The van der Waals surface area contributed by atoms with E-state index in [1.165, 1.54) is 7.11 Å². The zero-order chi connectivity index (χ0) is 15.2. The number of nitrogens with zero attached hydrogens (tertiary/aromatic N) is 1. The molecule has 0 saturated heterocycles. The largest absolute Gasteiger partial charge is 0.495 e. The smallest absolute Gasteiger partial charge is 0.136 e. The van der Waals surface area contributed by atoms with Crippen LogP contribution < -0.4 is 4.74 Å². The Hall–Kier alpha value is -1.83. The van der Waals surface area contributed by atoms with Gasteiger partial charge < -0.3 is 4.74 Å². The van der Waals surface area contributed by atoms with Crippen molar-refractivity contribution in [2.24, 2.45) is 0 Å². The Labute approximate surface area is 131 Å². The van der Waals surface area contributed by atoms with Crippen LogP contribution in [0.2, 0.25) is 5.02 Å². The van der Waals surface area contributed by atoms with Gasteiger partial charge >= 0.3 is 0 Å². The highest BCUT2D eigenvalue weighted by Gasteiger charge is 2.09. The van der Waals surface area contributed by atoms with E-state index in [0.29, 0.717) is 27.8 Å². The van der Waals surface area contributed by atoms with Crippen LogP contribution in [0, 0.1) is 11.3 Å². The van der Waals surface area contributed by atoms with Crippen LogP contribution in [0.25, 0.3) is 0 Å². The lowest BCUT2D eigenvalue weighted by Crippen LogP contribution is -2.01. The molecule has 0 aromatic heterocycles. The molecule has 0 fully saturated rings. The molecule has 0 spiro atoms. The topological polar surface area (TPSA) is 50.1 Å². The van der Waals surface area contributed by atoms with Crippen molar-refractivity contribution in [2.45, 2.75) is 11.5 Å². The SMILES string of the molecule is COc1ccc(C[S@@](=O)Cc2ccccc2Cl)cc1C#N. The molecule has 0 radical (unpaired) electrons. The molecule has 0 bridgehead atoms. The number of benzene rings is 2. The molecule has 0 heterocycles. The van der Waals surface area contributed by atoms with Gasteiger partial charge in [-0.2, -0.15) is 5.26 Å². The van der Waals surface area contributed by atoms with Gasteiger partial charge in [0.1, 0.15) is 11.8 Å². The molecule has 21 heavy (non-hydrogen) atoms.